The number of ketones is 1. The highest BCUT2D eigenvalue weighted by Gasteiger charge is 2.19. The van der Waals surface area contributed by atoms with Gasteiger partial charge < -0.3 is 0 Å². The second kappa shape index (κ2) is 9.13. The molecule has 4 nitrogen and oxygen atoms in total. The third kappa shape index (κ3) is 4.83. The first-order chi connectivity index (χ1) is 15.3. The van der Waals surface area contributed by atoms with Crippen molar-refractivity contribution in [3.8, 4) is 17.1 Å². The molecule has 0 atom stereocenters. The van der Waals surface area contributed by atoms with E-state index in [0.29, 0.717) is 16.5 Å². The van der Waals surface area contributed by atoms with Crippen LogP contribution in [-0.2, 0) is 5.41 Å². The summed E-state index contributed by atoms with van der Waals surface area (Å²) in [6, 6.07) is 26.1. The van der Waals surface area contributed by atoms with E-state index in [1.54, 1.807) is 0 Å². The average Bonchev–Trinajstić information content (AvgIpc) is 3.22. The van der Waals surface area contributed by atoms with Crippen molar-refractivity contribution in [3.63, 3.8) is 0 Å². The summed E-state index contributed by atoms with van der Waals surface area (Å²) >= 11 is 1.41. The van der Waals surface area contributed by atoms with E-state index in [-0.39, 0.29) is 11.2 Å². The lowest BCUT2D eigenvalue weighted by molar-refractivity contribution is 0.102. The normalized spacial score (nSPS) is 11.5. The van der Waals surface area contributed by atoms with Crippen LogP contribution >= 0.6 is 11.8 Å². The number of benzene rings is 3. The van der Waals surface area contributed by atoms with Gasteiger partial charge >= 0.3 is 0 Å². The molecule has 0 aliphatic rings. The summed E-state index contributed by atoms with van der Waals surface area (Å²) in [6.07, 6.45) is 0. The zero-order chi connectivity index (χ0) is 22.7. The van der Waals surface area contributed by atoms with Crippen LogP contribution < -0.4 is 0 Å². The summed E-state index contributed by atoms with van der Waals surface area (Å²) in [6.45, 7) is 8.68. The third-order valence-corrected chi connectivity index (χ3v) is 6.29. The van der Waals surface area contributed by atoms with E-state index in [0.717, 1.165) is 17.1 Å². The molecule has 1 heterocycles. The van der Waals surface area contributed by atoms with Gasteiger partial charge in [-0.2, -0.15) is 0 Å². The SMILES string of the molecule is Cc1ccc(-n2c(SCC(=O)c3ccccc3)nnc2-c2ccc(C(C)(C)C)cc2)cc1. The Labute approximate surface area is 193 Å². The maximum atomic E-state index is 12.6. The molecule has 162 valence electrons. The van der Waals surface area contributed by atoms with E-state index in [2.05, 4.69) is 86.4 Å². The van der Waals surface area contributed by atoms with Crippen molar-refractivity contribution in [2.24, 2.45) is 0 Å². The van der Waals surface area contributed by atoms with Gasteiger partial charge in [0.1, 0.15) is 0 Å². The largest absolute Gasteiger partial charge is 0.293 e. The Bertz CT molecular complexity index is 1200. The Morgan fingerprint density at radius 2 is 1.53 bits per heavy atom. The zero-order valence-corrected chi connectivity index (χ0v) is 19.7. The lowest BCUT2D eigenvalue weighted by Gasteiger charge is -2.19. The average molecular weight is 442 g/mol. The first kappa shape index (κ1) is 22.0. The minimum absolute atomic E-state index is 0.0742. The molecule has 5 heteroatoms. The molecule has 0 aliphatic carbocycles. The van der Waals surface area contributed by atoms with E-state index >= 15 is 0 Å². The van der Waals surface area contributed by atoms with Crippen LogP contribution in [0.1, 0.15) is 42.3 Å². The van der Waals surface area contributed by atoms with Crippen LogP contribution in [-0.4, -0.2) is 26.3 Å². The predicted molar refractivity (Wildman–Crippen MR) is 132 cm³/mol. The van der Waals surface area contributed by atoms with Crippen molar-refractivity contribution in [2.75, 3.05) is 5.75 Å². The van der Waals surface area contributed by atoms with Crippen molar-refractivity contribution >= 4 is 17.5 Å². The van der Waals surface area contributed by atoms with E-state index < -0.39 is 0 Å². The molecule has 4 aromatic rings. The summed E-state index contributed by atoms with van der Waals surface area (Å²) < 4.78 is 2.04. The Kier molecular flexibility index (Phi) is 6.28. The molecule has 0 spiro atoms. The van der Waals surface area contributed by atoms with Crippen LogP contribution in [0, 0.1) is 6.92 Å². The van der Waals surface area contributed by atoms with E-state index in [1.807, 2.05) is 34.9 Å². The van der Waals surface area contributed by atoms with E-state index in [1.165, 1.54) is 22.9 Å². The fourth-order valence-corrected chi connectivity index (χ4v) is 4.28. The van der Waals surface area contributed by atoms with Gasteiger partial charge in [0.05, 0.1) is 5.75 Å². The van der Waals surface area contributed by atoms with Gasteiger partial charge in [0.25, 0.3) is 0 Å². The monoisotopic (exact) mass is 441 g/mol. The molecule has 0 amide bonds. The molecule has 4 rings (SSSR count). The zero-order valence-electron chi connectivity index (χ0n) is 18.9. The van der Waals surface area contributed by atoms with Crippen molar-refractivity contribution < 1.29 is 4.79 Å². The number of hydrogen-bond acceptors (Lipinski definition) is 4. The molecule has 0 radical (unpaired) electrons. The van der Waals surface area contributed by atoms with E-state index in [9.17, 15) is 4.79 Å². The number of aromatic nitrogens is 3. The van der Waals surface area contributed by atoms with Gasteiger partial charge in [0, 0.05) is 16.8 Å². The predicted octanol–water partition coefficient (Wildman–Crippen LogP) is 6.52. The number of Topliss-reactive ketones (excluding diaryl/α,β-unsaturated/α-hetero) is 1. The Morgan fingerprint density at radius 1 is 0.875 bits per heavy atom. The van der Waals surface area contributed by atoms with Gasteiger partial charge in [-0.05, 0) is 30.0 Å². The summed E-state index contributed by atoms with van der Waals surface area (Å²) in [5.41, 5.74) is 5.22. The molecule has 0 saturated heterocycles. The topological polar surface area (TPSA) is 47.8 Å². The highest BCUT2D eigenvalue weighted by Crippen LogP contribution is 2.30. The Balaban J connectivity index is 1.69. The molecular formula is C27H27N3OS. The van der Waals surface area contributed by atoms with Crippen LogP contribution in [0.3, 0.4) is 0 Å². The number of aryl methyl sites for hydroxylation is 1. The Hall–Kier alpha value is -3.18. The molecule has 0 unspecified atom stereocenters. The minimum Gasteiger partial charge on any atom is -0.293 e. The first-order valence-corrected chi connectivity index (χ1v) is 11.7. The maximum absolute atomic E-state index is 12.6. The second-order valence-corrected chi connectivity index (χ2v) is 9.82. The fourth-order valence-electron chi connectivity index (χ4n) is 3.43. The van der Waals surface area contributed by atoms with Crippen molar-refractivity contribution in [1.29, 1.82) is 0 Å². The van der Waals surface area contributed by atoms with Gasteiger partial charge in [-0.25, -0.2) is 0 Å². The van der Waals surface area contributed by atoms with Crippen LogP contribution in [0.4, 0.5) is 0 Å². The van der Waals surface area contributed by atoms with E-state index in [4.69, 9.17) is 0 Å². The molecule has 0 saturated carbocycles. The number of nitrogens with zero attached hydrogens (tertiary/aromatic N) is 3. The quantitative estimate of drug-likeness (QED) is 0.253. The maximum Gasteiger partial charge on any atom is 0.196 e. The number of thioether (sulfide) groups is 1. The lowest BCUT2D eigenvalue weighted by atomic mass is 9.87. The fraction of sp³-hybridized carbons (Fsp3) is 0.222. The van der Waals surface area contributed by atoms with Crippen molar-refractivity contribution in [2.45, 2.75) is 38.3 Å². The van der Waals surface area contributed by atoms with Crippen molar-refractivity contribution in [1.82, 2.24) is 14.8 Å². The second-order valence-electron chi connectivity index (χ2n) is 8.88. The Morgan fingerprint density at radius 3 is 2.16 bits per heavy atom. The van der Waals surface area contributed by atoms with Crippen molar-refractivity contribution in [3.05, 3.63) is 95.6 Å². The molecule has 0 bridgehead atoms. The van der Waals surface area contributed by atoms with Crippen LogP contribution in [0.25, 0.3) is 17.1 Å². The van der Waals surface area contributed by atoms with Crippen LogP contribution in [0.5, 0.6) is 0 Å². The smallest absolute Gasteiger partial charge is 0.196 e. The van der Waals surface area contributed by atoms with Crippen LogP contribution in [0.2, 0.25) is 0 Å². The highest BCUT2D eigenvalue weighted by molar-refractivity contribution is 7.99. The number of rotatable bonds is 6. The van der Waals surface area contributed by atoms with Gasteiger partial charge in [-0.1, -0.05) is 105 Å². The summed E-state index contributed by atoms with van der Waals surface area (Å²) in [5.74, 6) is 1.14. The van der Waals surface area contributed by atoms with Gasteiger partial charge in [-0.3, -0.25) is 9.36 Å². The molecule has 0 N–H and O–H groups in total. The number of carbonyl (C=O) groups excluding carboxylic acids is 1. The molecule has 32 heavy (non-hydrogen) atoms. The molecule has 0 fully saturated rings. The number of hydrogen-bond donors (Lipinski definition) is 0. The molecule has 0 aliphatic heterocycles. The lowest BCUT2D eigenvalue weighted by Crippen LogP contribution is -2.10. The number of carbonyl (C=O) groups is 1. The standard InChI is InChI=1S/C27H27N3OS/c1-19-10-16-23(17-11-19)30-25(21-12-14-22(15-13-21)27(2,3)4)28-29-26(30)32-18-24(31)20-8-6-5-7-9-20/h5-17H,18H2,1-4H3. The summed E-state index contributed by atoms with van der Waals surface area (Å²) in [5, 5.41) is 9.66. The molecule has 3 aromatic carbocycles. The third-order valence-electron chi connectivity index (χ3n) is 5.36. The molecule has 1 aromatic heterocycles. The summed E-state index contributed by atoms with van der Waals surface area (Å²) in [4.78, 5) is 12.6. The first-order valence-electron chi connectivity index (χ1n) is 10.7. The van der Waals surface area contributed by atoms with Crippen LogP contribution in [0.15, 0.2) is 84.0 Å². The summed E-state index contributed by atoms with van der Waals surface area (Å²) in [7, 11) is 0. The molecular weight excluding hydrogens is 414 g/mol. The van der Waals surface area contributed by atoms with Gasteiger partial charge in [0.2, 0.25) is 0 Å². The van der Waals surface area contributed by atoms with Gasteiger partial charge in [0.15, 0.2) is 16.8 Å². The highest BCUT2D eigenvalue weighted by atomic mass is 32.2. The minimum atomic E-state index is 0.0742. The van der Waals surface area contributed by atoms with Gasteiger partial charge in [-0.15, -0.1) is 10.2 Å².